The molecule has 17 heavy (non-hydrogen) atoms. The summed E-state index contributed by atoms with van der Waals surface area (Å²) in [4.78, 5) is 6.31. The van der Waals surface area contributed by atoms with Gasteiger partial charge in [-0.3, -0.25) is 0 Å². The summed E-state index contributed by atoms with van der Waals surface area (Å²) in [5, 5.41) is 4.89. The van der Waals surface area contributed by atoms with Crippen molar-refractivity contribution < 1.29 is 0 Å². The van der Waals surface area contributed by atoms with Crippen molar-refractivity contribution >= 4 is 11.3 Å². The van der Waals surface area contributed by atoms with Crippen LogP contribution in [0.4, 0.5) is 0 Å². The molecule has 1 saturated carbocycles. The summed E-state index contributed by atoms with van der Waals surface area (Å²) in [5.74, 6) is 0.946. The highest BCUT2D eigenvalue weighted by Crippen LogP contribution is 2.34. The minimum atomic E-state index is 0.554. The summed E-state index contributed by atoms with van der Waals surface area (Å²) >= 11 is 1.94. The minimum Gasteiger partial charge on any atom is -0.310 e. The molecule has 2 rings (SSSR count). The molecule has 0 aromatic carbocycles. The Bertz CT molecular complexity index is 353. The first-order chi connectivity index (χ1) is 8.19. The van der Waals surface area contributed by atoms with Gasteiger partial charge in [0.2, 0.25) is 0 Å². The topological polar surface area (TPSA) is 24.9 Å². The Balaban J connectivity index is 2.01. The fraction of sp³-hybridized carbons (Fsp3) is 0.786. The fourth-order valence-electron chi connectivity index (χ4n) is 1.96. The molecule has 1 aliphatic carbocycles. The molecule has 0 amide bonds. The number of hydrogen-bond donors (Lipinski definition) is 1. The highest BCUT2D eigenvalue weighted by atomic mass is 32.1. The molecule has 0 saturated heterocycles. The molecule has 0 unspecified atom stereocenters. The third kappa shape index (κ3) is 4.07. The number of aryl methyl sites for hydroxylation is 1. The molecular weight excluding hydrogens is 228 g/mol. The summed E-state index contributed by atoms with van der Waals surface area (Å²) < 4.78 is 0. The molecule has 1 N–H and O–H groups in total. The van der Waals surface area contributed by atoms with E-state index in [2.05, 4.69) is 26.1 Å². The van der Waals surface area contributed by atoms with E-state index in [-0.39, 0.29) is 0 Å². The van der Waals surface area contributed by atoms with Crippen molar-refractivity contribution in [1.29, 1.82) is 0 Å². The molecule has 1 aliphatic rings. The number of hydrogen-bond acceptors (Lipinski definition) is 3. The molecule has 1 heterocycles. The van der Waals surface area contributed by atoms with Crippen LogP contribution in [-0.4, -0.2) is 11.0 Å². The molecule has 1 aromatic heterocycles. The van der Waals surface area contributed by atoms with Gasteiger partial charge in [0.25, 0.3) is 0 Å². The van der Waals surface area contributed by atoms with Crippen LogP contribution in [0.2, 0.25) is 0 Å². The lowest BCUT2D eigenvalue weighted by Crippen LogP contribution is -2.21. The normalized spacial score (nSPS) is 15.8. The van der Waals surface area contributed by atoms with E-state index in [9.17, 15) is 0 Å². The van der Waals surface area contributed by atoms with Gasteiger partial charge in [0.05, 0.1) is 10.7 Å². The molecular formula is C14H24N2S. The van der Waals surface area contributed by atoms with Crippen LogP contribution in [0.3, 0.4) is 0 Å². The van der Waals surface area contributed by atoms with E-state index in [4.69, 9.17) is 4.98 Å². The molecule has 3 heteroatoms. The van der Waals surface area contributed by atoms with E-state index in [1.54, 1.807) is 0 Å². The molecule has 0 atom stereocenters. The van der Waals surface area contributed by atoms with E-state index in [0.29, 0.717) is 6.04 Å². The van der Waals surface area contributed by atoms with Crippen LogP contribution in [0.15, 0.2) is 0 Å². The highest BCUT2D eigenvalue weighted by Gasteiger charge is 2.23. The summed E-state index contributed by atoms with van der Waals surface area (Å²) in [6.07, 6.45) is 6.39. The SMILES string of the molecule is CCCc1nc(CC2CC2)sc1CNC(C)C. The Hall–Kier alpha value is -0.410. The largest absolute Gasteiger partial charge is 0.310 e. The van der Waals surface area contributed by atoms with Crippen LogP contribution < -0.4 is 5.32 Å². The van der Waals surface area contributed by atoms with E-state index in [1.807, 2.05) is 11.3 Å². The van der Waals surface area contributed by atoms with Crippen molar-refractivity contribution in [3.8, 4) is 0 Å². The summed E-state index contributed by atoms with van der Waals surface area (Å²) in [7, 11) is 0. The first-order valence-electron chi connectivity index (χ1n) is 6.89. The van der Waals surface area contributed by atoms with E-state index in [1.165, 1.54) is 41.3 Å². The quantitative estimate of drug-likeness (QED) is 0.803. The Morgan fingerprint density at radius 3 is 2.76 bits per heavy atom. The molecule has 2 nitrogen and oxygen atoms in total. The van der Waals surface area contributed by atoms with Gasteiger partial charge in [-0.25, -0.2) is 4.98 Å². The average molecular weight is 252 g/mol. The van der Waals surface area contributed by atoms with Gasteiger partial charge in [0.15, 0.2) is 0 Å². The second-order valence-corrected chi connectivity index (χ2v) is 6.58. The first-order valence-corrected chi connectivity index (χ1v) is 7.71. The van der Waals surface area contributed by atoms with Crippen molar-refractivity contribution in [2.24, 2.45) is 5.92 Å². The zero-order chi connectivity index (χ0) is 12.3. The molecule has 96 valence electrons. The molecule has 1 fully saturated rings. The fourth-order valence-corrected chi connectivity index (χ4v) is 3.14. The highest BCUT2D eigenvalue weighted by molar-refractivity contribution is 7.11. The van der Waals surface area contributed by atoms with Crippen molar-refractivity contribution in [3.05, 3.63) is 15.6 Å². The molecule has 1 aromatic rings. The van der Waals surface area contributed by atoms with Gasteiger partial charge in [0.1, 0.15) is 0 Å². The van der Waals surface area contributed by atoms with E-state index < -0.39 is 0 Å². The average Bonchev–Trinajstić information content (AvgIpc) is 2.99. The Morgan fingerprint density at radius 2 is 2.18 bits per heavy atom. The maximum atomic E-state index is 4.84. The number of aromatic nitrogens is 1. The van der Waals surface area contributed by atoms with Gasteiger partial charge < -0.3 is 5.32 Å². The van der Waals surface area contributed by atoms with Gasteiger partial charge in [-0.05, 0) is 25.2 Å². The van der Waals surface area contributed by atoms with Gasteiger partial charge in [-0.2, -0.15) is 0 Å². The van der Waals surface area contributed by atoms with Gasteiger partial charge in [-0.15, -0.1) is 11.3 Å². The van der Waals surface area contributed by atoms with Gasteiger partial charge >= 0.3 is 0 Å². The Labute approximate surface area is 109 Å². The lowest BCUT2D eigenvalue weighted by molar-refractivity contribution is 0.589. The maximum absolute atomic E-state index is 4.84. The third-order valence-electron chi connectivity index (χ3n) is 3.14. The van der Waals surface area contributed by atoms with Crippen LogP contribution in [0.5, 0.6) is 0 Å². The van der Waals surface area contributed by atoms with Crippen LogP contribution in [-0.2, 0) is 19.4 Å². The summed E-state index contributed by atoms with van der Waals surface area (Å²) in [6.45, 7) is 7.63. The number of thiazole rings is 1. The van der Waals surface area contributed by atoms with Crippen molar-refractivity contribution in [1.82, 2.24) is 10.3 Å². The van der Waals surface area contributed by atoms with Crippen molar-refractivity contribution in [3.63, 3.8) is 0 Å². The first kappa shape index (κ1) is 13.0. The number of nitrogens with zero attached hydrogens (tertiary/aromatic N) is 1. The smallest absolute Gasteiger partial charge is 0.0934 e. The molecule has 0 radical (unpaired) electrons. The maximum Gasteiger partial charge on any atom is 0.0934 e. The van der Waals surface area contributed by atoms with Gasteiger partial charge in [-0.1, -0.05) is 27.2 Å². The predicted octanol–water partition coefficient (Wildman–Crippen LogP) is 3.55. The van der Waals surface area contributed by atoms with E-state index in [0.717, 1.165) is 18.9 Å². The Morgan fingerprint density at radius 1 is 1.41 bits per heavy atom. The second kappa shape index (κ2) is 5.96. The zero-order valence-electron chi connectivity index (χ0n) is 11.3. The number of rotatable bonds is 7. The van der Waals surface area contributed by atoms with E-state index >= 15 is 0 Å². The minimum absolute atomic E-state index is 0.554. The standard InChI is InChI=1S/C14H24N2S/c1-4-5-12-13(9-15-10(2)3)17-14(16-12)8-11-6-7-11/h10-11,15H,4-9H2,1-3H3. The van der Waals surface area contributed by atoms with Crippen molar-refractivity contribution in [2.45, 2.75) is 65.5 Å². The molecule has 0 aliphatic heterocycles. The van der Waals surface area contributed by atoms with Gasteiger partial charge in [0, 0.05) is 23.9 Å². The summed E-state index contributed by atoms with van der Waals surface area (Å²) in [6, 6.07) is 0.554. The lowest BCUT2D eigenvalue weighted by atomic mass is 10.2. The monoisotopic (exact) mass is 252 g/mol. The van der Waals surface area contributed by atoms with Crippen LogP contribution in [0.25, 0.3) is 0 Å². The third-order valence-corrected chi connectivity index (χ3v) is 4.26. The van der Waals surface area contributed by atoms with Crippen LogP contribution in [0.1, 0.15) is 55.6 Å². The number of nitrogens with one attached hydrogen (secondary N) is 1. The second-order valence-electron chi connectivity index (χ2n) is 5.41. The Kier molecular flexibility index (Phi) is 4.57. The van der Waals surface area contributed by atoms with Crippen LogP contribution in [0, 0.1) is 5.92 Å². The predicted molar refractivity (Wildman–Crippen MR) is 74.5 cm³/mol. The van der Waals surface area contributed by atoms with Crippen LogP contribution >= 0.6 is 11.3 Å². The molecule has 0 spiro atoms. The summed E-state index contributed by atoms with van der Waals surface area (Å²) in [5.41, 5.74) is 1.35. The lowest BCUT2D eigenvalue weighted by Gasteiger charge is -2.07. The zero-order valence-corrected chi connectivity index (χ0v) is 12.1. The van der Waals surface area contributed by atoms with Crippen molar-refractivity contribution in [2.75, 3.05) is 0 Å². The molecule has 0 bridgehead atoms.